The maximum absolute atomic E-state index is 11.5. The lowest BCUT2D eigenvalue weighted by molar-refractivity contribution is -0.131. The topological polar surface area (TPSA) is 91.9 Å². The first-order valence-corrected chi connectivity index (χ1v) is 7.16. The first kappa shape index (κ1) is 16.7. The normalized spacial score (nSPS) is 10.9. The van der Waals surface area contributed by atoms with E-state index in [4.69, 9.17) is 9.47 Å². The Morgan fingerprint density at radius 3 is 2.39 bits per heavy atom. The highest BCUT2D eigenvalue weighted by molar-refractivity contribution is 6.08. The zero-order valence-electron chi connectivity index (χ0n) is 13.8. The first-order chi connectivity index (χ1) is 10.7. The van der Waals surface area contributed by atoms with Gasteiger partial charge in [-0.2, -0.15) is 0 Å². The van der Waals surface area contributed by atoms with Crippen molar-refractivity contribution in [1.82, 2.24) is 4.98 Å². The predicted molar refractivity (Wildman–Crippen MR) is 86.7 cm³/mol. The van der Waals surface area contributed by atoms with Gasteiger partial charge in [0.1, 0.15) is 17.2 Å². The Balaban J connectivity index is 2.78. The number of hydrogen-bond donors (Lipinski definition) is 2. The number of hydrogen-bond acceptors (Lipinski definition) is 5. The summed E-state index contributed by atoms with van der Waals surface area (Å²) >= 11 is 0. The molecule has 0 unspecified atom stereocenters. The molecular weight excluding hydrogens is 300 g/mol. The van der Waals surface area contributed by atoms with Gasteiger partial charge in [-0.3, -0.25) is 4.79 Å². The third-order valence-electron chi connectivity index (χ3n) is 3.09. The van der Waals surface area contributed by atoms with Crippen LogP contribution in [-0.4, -0.2) is 42.2 Å². The van der Waals surface area contributed by atoms with Crippen LogP contribution in [0.2, 0.25) is 0 Å². The van der Waals surface area contributed by atoms with Crippen LogP contribution in [0.1, 0.15) is 31.3 Å². The van der Waals surface area contributed by atoms with Gasteiger partial charge < -0.3 is 24.5 Å². The van der Waals surface area contributed by atoms with Crippen LogP contribution in [0, 0.1) is 0 Å². The van der Waals surface area contributed by atoms with Crippen LogP contribution in [0.15, 0.2) is 12.1 Å². The number of H-pyrrole nitrogens is 1. The van der Waals surface area contributed by atoms with Gasteiger partial charge in [0.2, 0.25) is 0 Å². The molecule has 2 aromatic rings. The number of carbonyl (C=O) groups excluding carboxylic acids is 1. The minimum absolute atomic E-state index is 0.0542. The van der Waals surface area contributed by atoms with E-state index < -0.39 is 11.9 Å². The summed E-state index contributed by atoms with van der Waals surface area (Å²) in [4.78, 5) is 27.3. The second-order valence-corrected chi connectivity index (χ2v) is 5.65. The van der Waals surface area contributed by atoms with Crippen molar-refractivity contribution in [1.29, 1.82) is 0 Å². The molecule has 0 aliphatic heterocycles. The first-order valence-electron chi connectivity index (χ1n) is 7.16. The molecule has 1 aromatic heterocycles. The monoisotopic (exact) mass is 320 g/mol. The third kappa shape index (κ3) is 3.39. The molecule has 0 aliphatic rings. The van der Waals surface area contributed by atoms with Crippen LogP contribution >= 0.6 is 0 Å². The fourth-order valence-electron chi connectivity index (χ4n) is 2.43. The number of aromatic amines is 1. The molecule has 1 heterocycles. The number of benzene rings is 1. The Morgan fingerprint density at radius 2 is 1.91 bits per heavy atom. The number of rotatable bonds is 5. The highest BCUT2D eigenvalue weighted by Crippen LogP contribution is 2.40. The van der Waals surface area contributed by atoms with Crippen molar-refractivity contribution in [3.8, 4) is 11.5 Å². The maximum atomic E-state index is 11.5. The molecule has 0 atom stereocenters. The summed E-state index contributed by atoms with van der Waals surface area (Å²) in [6.07, 6.45) is -0.121. The van der Waals surface area contributed by atoms with Gasteiger partial charge in [0, 0.05) is 33.2 Å². The number of carboxylic acids is 1. The number of anilines is 1. The lowest BCUT2D eigenvalue weighted by atomic mass is 10.1. The number of nitrogens with zero attached hydrogens (tertiary/aromatic N) is 1. The SMILES string of the molecule is CC(=O)Oc1cc(OC(C)C)c2c(N(C)C)c(C(=O)O)[nH]c2c1. The molecule has 23 heavy (non-hydrogen) atoms. The van der Waals surface area contributed by atoms with Crippen LogP contribution in [-0.2, 0) is 4.79 Å². The van der Waals surface area contributed by atoms with Crippen molar-refractivity contribution in [3.05, 3.63) is 17.8 Å². The zero-order valence-corrected chi connectivity index (χ0v) is 13.8. The lowest BCUT2D eigenvalue weighted by Crippen LogP contribution is -2.13. The third-order valence-corrected chi connectivity index (χ3v) is 3.09. The fourth-order valence-corrected chi connectivity index (χ4v) is 2.43. The van der Waals surface area contributed by atoms with Crippen molar-refractivity contribution in [2.75, 3.05) is 19.0 Å². The van der Waals surface area contributed by atoms with E-state index in [0.717, 1.165) is 0 Å². The summed E-state index contributed by atoms with van der Waals surface area (Å²) in [5, 5.41) is 10.1. The molecule has 7 heteroatoms. The number of esters is 1. The van der Waals surface area contributed by atoms with E-state index >= 15 is 0 Å². The zero-order chi connectivity index (χ0) is 17.3. The Bertz CT molecular complexity index is 761. The van der Waals surface area contributed by atoms with Crippen LogP contribution < -0.4 is 14.4 Å². The number of carbonyl (C=O) groups is 2. The molecule has 7 nitrogen and oxygen atoms in total. The molecule has 2 rings (SSSR count). The molecule has 0 spiro atoms. The van der Waals surface area contributed by atoms with Gasteiger partial charge in [0.25, 0.3) is 0 Å². The predicted octanol–water partition coefficient (Wildman–Crippen LogP) is 2.64. The Labute approximate surface area is 133 Å². The van der Waals surface area contributed by atoms with Gasteiger partial charge in [-0.05, 0) is 13.8 Å². The van der Waals surface area contributed by atoms with E-state index in [1.165, 1.54) is 6.92 Å². The number of nitrogens with one attached hydrogen (secondary N) is 1. The molecule has 0 aliphatic carbocycles. The standard InChI is InChI=1S/C16H20N2O5/c1-8(2)22-12-7-10(23-9(3)19)6-11-13(12)15(18(4)5)14(17-11)16(20)21/h6-8,17H,1-5H3,(H,20,21). The second kappa shape index (κ2) is 6.20. The van der Waals surface area contributed by atoms with E-state index in [1.807, 2.05) is 13.8 Å². The summed E-state index contributed by atoms with van der Waals surface area (Å²) in [6.45, 7) is 5.03. The van der Waals surface area contributed by atoms with E-state index in [0.29, 0.717) is 28.1 Å². The van der Waals surface area contributed by atoms with E-state index in [9.17, 15) is 14.7 Å². The molecule has 0 radical (unpaired) electrons. The number of aromatic nitrogens is 1. The van der Waals surface area contributed by atoms with Crippen molar-refractivity contribution >= 4 is 28.5 Å². The van der Waals surface area contributed by atoms with Crippen molar-refractivity contribution in [2.24, 2.45) is 0 Å². The van der Waals surface area contributed by atoms with Crippen molar-refractivity contribution < 1.29 is 24.2 Å². The Hall–Kier alpha value is -2.70. The summed E-state index contributed by atoms with van der Waals surface area (Å²) < 4.78 is 10.9. The van der Waals surface area contributed by atoms with E-state index in [1.54, 1.807) is 31.1 Å². The summed E-state index contributed by atoms with van der Waals surface area (Å²) in [5.74, 6) is -0.780. The maximum Gasteiger partial charge on any atom is 0.354 e. The Kier molecular flexibility index (Phi) is 4.49. The van der Waals surface area contributed by atoms with Crippen LogP contribution in [0.5, 0.6) is 11.5 Å². The molecule has 0 bridgehead atoms. The average Bonchev–Trinajstić information content (AvgIpc) is 2.76. The van der Waals surface area contributed by atoms with Crippen molar-refractivity contribution in [3.63, 3.8) is 0 Å². The van der Waals surface area contributed by atoms with Crippen LogP contribution in [0.3, 0.4) is 0 Å². The molecule has 124 valence electrons. The van der Waals surface area contributed by atoms with Gasteiger partial charge in [-0.1, -0.05) is 0 Å². The number of carboxylic acid groups (broad SMARTS) is 1. The van der Waals surface area contributed by atoms with E-state index in [-0.39, 0.29) is 11.8 Å². The molecule has 2 N–H and O–H groups in total. The average molecular weight is 320 g/mol. The van der Waals surface area contributed by atoms with Gasteiger partial charge in [0.15, 0.2) is 0 Å². The molecule has 0 amide bonds. The second-order valence-electron chi connectivity index (χ2n) is 5.65. The summed E-state index contributed by atoms with van der Waals surface area (Å²) in [6, 6.07) is 3.18. The smallest absolute Gasteiger partial charge is 0.354 e. The largest absolute Gasteiger partial charge is 0.490 e. The molecule has 0 fully saturated rings. The highest BCUT2D eigenvalue weighted by Gasteiger charge is 2.23. The number of fused-ring (bicyclic) bond motifs is 1. The minimum Gasteiger partial charge on any atom is -0.490 e. The van der Waals surface area contributed by atoms with Crippen LogP contribution in [0.25, 0.3) is 10.9 Å². The number of aromatic carboxylic acids is 1. The summed E-state index contributed by atoms with van der Waals surface area (Å²) in [7, 11) is 3.52. The van der Waals surface area contributed by atoms with Gasteiger partial charge in [0.05, 0.1) is 22.7 Å². The summed E-state index contributed by atoms with van der Waals surface area (Å²) in [5.41, 5.74) is 1.09. The molecule has 0 saturated heterocycles. The number of ether oxygens (including phenoxy) is 2. The fraction of sp³-hybridized carbons (Fsp3) is 0.375. The lowest BCUT2D eigenvalue weighted by Gasteiger charge is -2.17. The molecule has 0 saturated carbocycles. The van der Waals surface area contributed by atoms with Crippen molar-refractivity contribution in [2.45, 2.75) is 26.9 Å². The van der Waals surface area contributed by atoms with E-state index in [2.05, 4.69) is 4.98 Å². The molecular formula is C16H20N2O5. The minimum atomic E-state index is -1.07. The Morgan fingerprint density at radius 1 is 1.26 bits per heavy atom. The van der Waals surface area contributed by atoms with Gasteiger partial charge in [-0.15, -0.1) is 0 Å². The highest BCUT2D eigenvalue weighted by atomic mass is 16.5. The molecule has 1 aromatic carbocycles. The van der Waals surface area contributed by atoms with Gasteiger partial charge in [-0.25, -0.2) is 4.79 Å². The van der Waals surface area contributed by atoms with Crippen LogP contribution in [0.4, 0.5) is 5.69 Å². The van der Waals surface area contributed by atoms with Gasteiger partial charge >= 0.3 is 11.9 Å². The quantitative estimate of drug-likeness (QED) is 0.650.